The fraction of sp³-hybridized carbons (Fsp3) is 0.214. The lowest BCUT2D eigenvalue weighted by Gasteiger charge is -2.10. The molecule has 2 rings (SSSR count). The largest absolute Gasteiger partial charge is 0.398 e. The molecule has 0 saturated heterocycles. The van der Waals surface area contributed by atoms with E-state index in [0.717, 1.165) is 29.3 Å². The van der Waals surface area contributed by atoms with Crippen LogP contribution in [0.5, 0.6) is 0 Å². The van der Waals surface area contributed by atoms with Gasteiger partial charge in [-0.25, -0.2) is 8.78 Å². The third kappa shape index (κ3) is 2.85. The Morgan fingerprint density at radius 1 is 1.30 bits per heavy atom. The van der Waals surface area contributed by atoms with Crippen LogP contribution < -0.4 is 5.73 Å². The number of halogens is 2. The monoisotopic (exact) mass is 296 g/mol. The van der Waals surface area contributed by atoms with E-state index in [0.29, 0.717) is 11.4 Å². The number of aromatic nitrogens is 1. The van der Waals surface area contributed by atoms with Crippen molar-refractivity contribution in [2.75, 3.05) is 5.73 Å². The van der Waals surface area contributed by atoms with Crippen LogP contribution in [0.25, 0.3) is 0 Å². The van der Waals surface area contributed by atoms with E-state index in [1.807, 2.05) is 6.92 Å². The van der Waals surface area contributed by atoms with Crippen molar-refractivity contribution >= 4 is 16.5 Å². The minimum atomic E-state index is -1.71. The SMILES string of the molecule is Cc1cnc(CS(=O)c2cc(F)ccc2F)c(C)c1N. The van der Waals surface area contributed by atoms with Crippen LogP contribution >= 0.6 is 0 Å². The van der Waals surface area contributed by atoms with Crippen LogP contribution in [0.2, 0.25) is 0 Å². The first kappa shape index (κ1) is 14.6. The van der Waals surface area contributed by atoms with Crippen molar-refractivity contribution in [3.05, 3.63) is 52.9 Å². The van der Waals surface area contributed by atoms with E-state index in [9.17, 15) is 13.0 Å². The van der Waals surface area contributed by atoms with Gasteiger partial charge in [-0.05, 0) is 43.2 Å². The summed E-state index contributed by atoms with van der Waals surface area (Å²) in [5, 5.41) is 0. The average Bonchev–Trinajstić information content (AvgIpc) is 2.42. The van der Waals surface area contributed by atoms with Crippen LogP contribution in [-0.2, 0) is 16.6 Å². The topological polar surface area (TPSA) is 56.0 Å². The molecule has 1 aromatic carbocycles. The Morgan fingerprint density at radius 3 is 2.70 bits per heavy atom. The second kappa shape index (κ2) is 5.66. The molecule has 0 aliphatic rings. The van der Waals surface area contributed by atoms with Gasteiger partial charge in [-0.3, -0.25) is 9.19 Å². The number of anilines is 1. The summed E-state index contributed by atoms with van der Waals surface area (Å²) < 4.78 is 38.8. The standard InChI is InChI=1S/C14H14F2N2OS/c1-8-6-18-12(9(2)14(8)17)7-20(19)13-5-10(15)3-4-11(13)16/h3-6H,7H2,1-2H3,(H2,17,18). The van der Waals surface area contributed by atoms with Crippen LogP contribution in [0.4, 0.5) is 14.5 Å². The van der Waals surface area contributed by atoms with Gasteiger partial charge < -0.3 is 5.73 Å². The average molecular weight is 296 g/mol. The molecule has 1 aromatic heterocycles. The Hall–Kier alpha value is -1.82. The van der Waals surface area contributed by atoms with E-state index >= 15 is 0 Å². The van der Waals surface area contributed by atoms with Crippen LogP contribution in [0.1, 0.15) is 16.8 Å². The summed E-state index contributed by atoms with van der Waals surface area (Å²) in [5.41, 5.74) is 8.52. The molecule has 20 heavy (non-hydrogen) atoms. The molecule has 1 heterocycles. The van der Waals surface area contributed by atoms with E-state index in [1.165, 1.54) is 0 Å². The van der Waals surface area contributed by atoms with Crippen LogP contribution in [0, 0.1) is 25.5 Å². The second-order valence-electron chi connectivity index (χ2n) is 4.49. The first-order chi connectivity index (χ1) is 9.40. The molecule has 0 radical (unpaired) electrons. The number of nitrogens with two attached hydrogens (primary N) is 1. The number of aryl methyl sites for hydroxylation is 1. The molecule has 0 fully saturated rings. The summed E-state index contributed by atoms with van der Waals surface area (Å²) >= 11 is 0. The van der Waals surface area contributed by atoms with Crippen LogP contribution in [-0.4, -0.2) is 9.19 Å². The number of rotatable bonds is 3. The van der Waals surface area contributed by atoms with Crippen molar-refractivity contribution in [1.82, 2.24) is 4.98 Å². The smallest absolute Gasteiger partial charge is 0.139 e. The highest BCUT2D eigenvalue weighted by Crippen LogP contribution is 2.22. The lowest BCUT2D eigenvalue weighted by molar-refractivity contribution is 0.572. The van der Waals surface area contributed by atoms with Crippen LogP contribution in [0.15, 0.2) is 29.3 Å². The molecule has 106 valence electrons. The Balaban J connectivity index is 2.33. The minimum Gasteiger partial charge on any atom is -0.398 e. The maximum Gasteiger partial charge on any atom is 0.139 e. The molecule has 1 atom stereocenters. The molecule has 0 amide bonds. The highest BCUT2D eigenvalue weighted by molar-refractivity contribution is 7.84. The number of hydrogen-bond donors (Lipinski definition) is 1. The zero-order valence-electron chi connectivity index (χ0n) is 11.1. The number of pyridine rings is 1. The summed E-state index contributed by atoms with van der Waals surface area (Å²) in [6.07, 6.45) is 1.58. The summed E-state index contributed by atoms with van der Waals surface area (Å²) in [7, 11) is -1.71. The molecule has 0 spiro atoms. The zero-order chi connectivity index (χ0) is 14.9. The van der Waals surface area contributed by atoms with Crippen molar-refractivity contribution in [2.45, 2.75) is 24.5 Å². The van der Waals surface area contributed by atoms with Gasteiger partial charge in [0.25, 0.3) is 0 Å². The van der Waals surface area contributed by atoms with E-state index in [-0.39, 0.29) is 10.6 Å². The Bertz CT molecular complexity index is 689. The third-order valence-electron chi connectivity index (χ3n) is 3.08. The first-order valence-electron chi connectivity index (χ1n) is 5.94. The van der Waals surface area contributed by atoms with Gasteiger partial charge in [0.15, 0.2) is 0 Å². The number of nitrogens with zero attached hydrogens (tertiary/aromatic N) is 1. The van der Waals surface area contributed by atoms with Gasteiger partial charge in [-0.15, -0.1) is 0 Å². The normalized spacial score (nSPS) is 12.4. The van der Waals surface area contributed by atoms with Gasteiger partial charge >= 0.3 is 0 Å². The van der Waals surface area contributed by atoms with Crippen molar-refractivity contribution in [3.8, 4) is 0 Å². The lowest BCUT2D eigenvalue weighted by Crippen LogP contribution is -2.06. The Labute approximate surface area is 118 Å². The van der Waals surface area contributed by atoms with Gasteiger partial charge in [0.2, 0.25) is 0 Å². The minimum absolute atomic E-state index is 0.00329. The van der Waals surface area contributed by atoms with Crippen LogP contribution in [0.3, 0.4) is 0 Å². The van der Waals surface area contributed by atoms with Gasteiger partial charge in [-0.2, -0.15) is 0 Å². The van der Waals surface area contributed by atoms with E-state index in [1.54, 1.807) is 13.1 Å². The van der Waals surface area contributed by atoms with E-state index < -0.39 is 22.4 Å². The summed E-state index contributed by atoms with van der Waals surface area (Å²) in [6, 6.07) is 2.90. The molecule has 0 aliphatic carbocycles. The highest BCUT2D eigenvalue weighted by atomic mass is 32.2. The third-order valence-corrected chi connectivity index (χ3v) is 4.42. The fourth-order valence-electron chi connectivity index (χ4n) is 1.79. The van der Waals surface area contributed by atoms with Crippen molar-refractivity contribution in [3.63, 3.8) is 0 Å². The van der Waals surface area contributed by atoms with E-state index in [4.69, 9.17) is 5.73 Å². The predicted molar refractivity (Wildman–Crippen MR) is 74.6 cm³/mol. The molecule has 0 saturated carbocycles. The molecule has 6 heteroatoms. The summed E-state index contributed by atoms with van der Waals surface area (Å²) in [6.45, 7) is 3.59. The molecule has 2 aromatic rings. The predicted octanol–water partition coefficient (Wildman–Crippen LogP) is 2.87. The van der Waals surface area contributed by atoms with Crippen molar-refractivity contribution < 1.29 is 13.0 Å². The molecule has 0 bridgehead atoms. The summed E-state index contributed by atoms with van der Waals surface area (Å²) in [5.74, 6) is -1.32. The lowest BCUT2D eigenvalue weighted by atomic mass is 10.1. The second-order valence-corrected chi connectivity index (χ2v) is 5.91. The Kier molecular flexibility index (Phi) is 4.13. The van der Waals surface area contributed by atoms with Gasteiger partial charge in [0.05, 0.1) is 27.1 Å². The maximum absolute atomic E-state index is 13.6. The maximum atomic E-state index is 13.6. The summed E-state index contributed by atoms with van der Waals surface area (Å²) in [4.78, 5) is 4.01. The fourth-order valence-corrected chi connectivity index (χ4v) is 3.02. The van der Waals surface area contributed by atoms with Crippen molar-refractivity contribution in [2.24, 2.45) is 0 Å². The molecule has 0 aliphatic heterocycles. The van der Waals surface area contributed by atoms with Gasteiger partial charge in [0, 0.05) is 11.9 Å². The Morgan fingerprint density at radius 2 is 2.00 bits per heavy atom. The number of hydrogen-bond acceptors (Lipinski definition) is 3. The molecular weight excluding hydrogens is 282 g/mol. The number of nitrogen functional groups attached to an aromatic ring is 1. The van der Waals surface area contributed by atoms with Crippen molar-refractivity contribution in [1.29, 1.82) is 0 Å². The first-order valence-corrected chi connectivity index (χ1v) is 7.26. The zero-order valence-corrected chi connectivity index (χ0v) is 11.9. The molecule has 3 nitrogen and oxygen atoms in total. The molecule has 2 N–H and O–H groups in total. The highest BCUT2D eigenvalue weighted by Gasteiger charge is 2.15. The van der Waals surface area contributed by atoms with Gasteiger partial charge in [-0.1, -0.05) is 0 Å². The quantitative estimate of drug-likeness (QED) is 0.947. The van der Waals surface area contributed by atoms with Gasteiger partial charge in [0.1, 0.15) is 11.6 Å². The molecular formula is C14H14F2N2OS. The van der Waals surface area contributed by atoms with E-state index in [2.05, 4.69) is 4.98 Å². The molecule has 1 unspecified atom stereocenters. The number of benzene rings is 1.